The second-order valence-electron chi connectivity index (χ2n) is 11.7. The molecule has 2 heterocycles. The minimum atomic E-state index is -5.83. The van der Waals surface area contributed by atoms with E-state index < -0.39 is 53.0 Å². The highest BCUT2D eigenvalue weighted by Gasteiger charge is 2.72. The SMILES string of the molecule is CCCCN1C=CN(C)C1C(=O)Nc1ccc(C(c2cccc(NC(=O)C3N(C)C=CN3CCCC)c2)(C(F)(F)F)C(F)(F)F)cc1. The summed E-state index contributed by atoms with van der Waals surface area (Å²) >= 11 is 0. The van der Waals surface area contributed by atoms with Gasteiger partial charge in [0.25, 0.3) is 11.8 Å². The standard InChI is InChI=1S/C33H40F6N6O2/c1-5-7-16-44-20-18-42(3)29(44)27(46)40-25-14-12-23(13-15-25)31(32(34,35)36,33(37,38)39)24-10-9-11-26(22-24)41-28(47)30-43(4)19-21-45(30)17-8-6-2/h9-15,18-22,29-30H,5-8,16-17H2,1-4H3,(H,40,46)(H,41,47). The summed E-state index contributed by atoms with van der Waals surface area (Å²) in [5.74, 6) is -1.09. The molecule has 0 aromatic heterocycles. The number of hydrogen-bond donors (Lipinski definition) is 2. The summed E-state index contributed by atoms with van der Waals surface area (Å²) in [5, 5.41) is 5.12. The Hall–Kier alpha value is -4.36. The van der Waals surface area contributed by atoms with E-state index in [1.807, 2.05) is 13.8 Å². The molecule has 14 heteroatoms. The molecular weight excluding hydrogens is 626 g/mol. The molecule has 2 unspecified atom stereocenters. The van der Waals surface area contributed by atoms with Gasteiger partial charge in [0.1, 0.15) is 0 Å². The van der Waals surface area contributed by atoms with Crippen molar-refractivity contribution in [3.63, 3.8) is 0 Å². The summed E-state index contributed by atoms with van der Waals surface area (Å²) < 4.78 is 89.3. The van der Waals surface area contributed by atoms with Crippen LogP contribution in [0.2, 0.25) is 0 Å². The van der Waals surface area contributed by atoms with Gasteiger partial charge in [-0.15, -0.1) is 0 Å². The summed E-state index contributed by atoms with van der Waals surface area (Å²) in [6.45, 7) is 5.13. The van der Waals surface area contributed by atoms with E-state index in [9.17, 15) is 35.9 Å². The zero-order valence-corrected chi connectivity index (χ0v) is 26.7. The first-order valence-electron chi connectivity index (χ1n) is 15.4. The van der Waals surface area contributed by atoms with E-state index in [1.54, 1.807) is 58.5 Å². The van der Waals surface area contributed by atoms with Gasteiger partial charge in [-0.05, 0) is 48.2 Å². The van der Waals surface area contributed by atoms with Gasteiger partial charge in [-0.2, -0.15) is 26.3 Å². The fraction of sp³-hybridized carbons (Fsp3) is 0.455. The molecule has 47 heavy (non-hydrogen) atoms. The van der Waals surface area contributed by atoms with Gasteiger partial charge in [0, 0.05) is 63.4 Å². The van der Waals surface area contributed by atoms with Crippen LogP contribution in [0.1, 0.15) is 50.7 Å². The molecule has 0 radical (unpaired) electrons. The molecule has 0 aliphatic carbocycles. The maximum Gasteiger partial charge on any atom is 0.411 e. The zero-order chi connectivity index (χ0) is 34.6. The van der Waals surface area contributed by atoms with Crippen molar-refractivity contribution in [3.05, 3.63) is 84.5 Å². The highest BCUT2D eigenvalue weighted by molar-refractivity contribution is 5.95. The van der Waals surface area contributed by atoms with Gasteiger partial charge in [-0.3, -0.25) is 9.59 Å². The third-order valence-corrected chi connectivity index (χ3v) is 8.39. The summed E-state index contributed by atoms with van der Waals surface area (Å²) in [5.41, 5.74) is -6.82. The molecule has 0 fully saturated rings. The molecule has 256 valence electrons. The molecule has 2 N–H and O–H groups in total. The Balaban J connectivity index is 1.64. The van der Waals surface area contributed by atoms with Crippen molar-refractivity contribution in [2.75, 3.05) is 37.8 Å². The van der Waals surface area contributed by atoms with E-state index in [0.717, 1.165) is 62.1 Å². The van der Waals surface area contributed by atoms with Crippen LogP contribution in [-0.2, 0) is 15.0 Å². The lowest BCUT2D eigenvalue weighted by Crippen LogP contribution is -2.54. The summed E-state index contributed by atoms with van der Waals surface area (Å²) in [7, 11) is 3.34. The molecule has 2 aliphatic heterocycles. The highest BCUT2D eigenvalue weighted by atomic mass is 19.4. The van der Waals surface area contributed by atoms with E-state index >= 15 is 0 Å². The molecule has 8 nitrogen and oxygen atoms in total. The van der Waals surface area contributed by atoms with E-state index in [2.05, 4.69) is 10.6 Å². The second kappa shape index (κ2) is 14.2. The number of alkyl halides is 6. The van der Waals surface area contributed by atoms with Crippen LogP contribution in [0.4, 0.5) is 37.7 Å². The number of anilines is 2. The van der Waals surface area contributed by atoms with Gasteiger partial charge in [0.15, 0.2) is 12.3 Å². The van der Waals surface area contributed by atoms with E-state index in [1.165, 1.54) is 6.07 Å². The first-order valence-corrected chi connectivity index (χ1v) is 15.4. The Morgan fingerprint density at radius 2 is 1.13 bits per heavy atom. The molecule has 2 atom stereocenters. The Bertz CT molecular complexity index is 1440. The van der Waals surface area contributed by atoms with Gasteiger partial charge < -0.3 is 30.2 Å². The average molecular weight is 667 g/mol. The zero-order valence-electron chi connectivity index (χ0n) is 26.7. The highest BCUT2D eigenvalue weighted by Crippen LogP contribution is 2.56. The van der Waals surface area contributed by atoms with Gasteiger partial charge >= 0.3 is 12.4 Å². The van der Waals surface area contributed by atoms with Crippen LogP contribution in [-0.4, -0.2) is 83.3 Å². The first kappa shape index (κ1) is 35.5. The lowest BCUT2D eigenvalue weighted by atomic mass is 9.72. The van der Waals surface area contributed by atoms with Crippen LogP contribution >= 0.6 is 0 Å². The molecule has 2 aliphatic rings. The van der Waals surface area contributed by atoms with Gasteiger partial charge in [0.2, 0.25) is 5.41 Å². The number of amides is 2. The molecule has 0 spiro atoms. The van der Waals surface area contributed by atoms with Crippen LogP contribution < -0.4 is 10.6 Å². The van der Waals surface area contributed by atoms with Gasteiger partial charge in [-0.1, -0.05) is 51.0 Å². The number of unbranched alkanes of at least 4 members (excludes halogenated alkanes) is 2. The minimum Gasteiger partial charge on any atom is -0.351 e. The number of hydrogen-bond acceptors (Lipinski definition) is 6. The number of nitrogens with one attached hydrogen (secondary N) is 2. The summed E-state index contributed by atoms with van der Waals surface area (Å²) in [6, 6.07) is 7.24. The van der Waals surface area contributed by atoms with Crippen LogP contribution in [0.15, 0.2) is 73.3 Å². The van der Waals surface area contributed by atoms with Crippen molar-refractivity contribution in [1.29, 1.82) is 0 Å². The fourth-order valence-corrected chi connectivity index (χ4v) is 5.95. The molecule has 0 bridgehead atoms. The molecule has 2 aromatic rings. The average Bonchev–Trinajstić information content (AvgIpc) is 3.56. The first-order chi connectivity index (χ1) is 22.1. The van der Waals surface area contributed by atoms with Crippen molar-refractivity contribution < 1.29 is 35.9 Å². The van der Waals surface area contributed by atoms with Crippen molar-refractivity contribution >= 4 is 23.2 Å². The van der Waals surface area contributed by atoms with Crippen LogP contribution in [0.3, 0.4) is 0 Å². The van der Waals surface area contributed by atoms with Gasteiger partial charge in [0.05, 0.1) is 0 Å². The van der Waals surface area contributed by atoms with E-state index in [0.29, 0.717) is 19.2 Å². The lowest BCUT2D eigenvalue weighted by molar-refractivity contribution is -0.288. The summed E-state index contributed by atoms with van der Waals surface area (Å²) in [6.07, 6.45) is -2.98. The largest absolute Gasteiger partial charge is 0.411 e. The van der Waals surface area contributed by atoms with Gasteiger partial charge in [-0.25, -0.2) is 0 Å². The van der Waals surface area contributed by atoms with Crippen molar-refractivity contribution in [1.82, 2.24) is 19.6 Å². The topological polar surface area (TPSA) is 71.2 Å². The molecule has 4 rings (SSSR count). The molecular formula is C33H40F6N6O2. The summed E-state index contributed by atoms with van der Waals surface area (Å²) in [4.78, 5) is 33.1. The maximum atomic E-state index is 14.9. The predicted molar refractivity (Wildman–Crippen MR) is 168 cm³/mol. The third-order valence-electron chi connectivity index (χ3n) is 8.39. The quantitative estimate of drug-likeness (QED) is 0.247. The van der Waals surface area contributed by atoms with E-state index in [4.69, 9.17) is 0 Å². The molecule has 0 saturated carbocycles. The number of likely N-dealkylation sites (N-methyl/N-ethyl adjacent to an activating group) is 2. The maximum absolute atomic E-state index is 14.9. The minimum absolute atomic E-state index is 0.0377. The smallest absolute Gasteiger partial charge is 0.351 e. The molecule has 2 amide bonds. The van der Waals surface area contributed by atoms with E-state index in [-0.39, 0.29) is 11.4 Å². The Labute approximate surface area is 270 Å². The van der Waals surface area contributed by atoms with Crippen LogP contribution in [0.5, 0.6) is 0 Å². The normalized spacial score (nSPS) is 18.3. The predicted octanol–water partition coefficient (Wildman–Crippen LogP) is 6.66. The van der Waals surface area contributed by atoms with Crippen molar-refractivity contribution in [2.45, 2.75) is 69.6 Å². The Morgan fingerprint density at radius 1 is 0.660 bits per heavy atom. The molecule has 2 aromatic carbocycles. The van der Waals surface area contributed by atoms with Crippen LogP contribution in [0.25, 0.3) is 0 Å². The lowest BCUT2D eigenvalue weighted by Gasteiger charge is -2.38. The number of halogens is 6. The number of carbonyl (C=O) groups is 2. The number of carbonyl (C=O) groups excluding carboxylic acids is 2. The Kier molecular flexibility index (Phi) is 10.7. The fourth-order valence-electron chi connectivity index (χ4n) is 5.95. The number of benzene rings is 2. The number of nitrogens with zero attached hydrogens (tertiary/aromatic N) is 4. The Morgan fingerprint density at radius 3 is 1.57 bits per heavy atom. The van der Waals surface area contributed by atoms with Crippen molar-refractivity contribution in [3.8, 4) is 0 Å². The molecule has 0 saturated heterocycles. The van der Waals surface area contributed by atoms with Crippen LogP contribution in [0, 0.1) is 0 Å². The second-order valence-corrected chi connectivity index (χ2v) is 11.7. The number of rotatable bonds is 12. The monoisotopic (exact) mass is 666 g/mol. The van der Waals surface area contributed by atoms with Crippen molar-refractivity contribution in [2.24, 2.45) is 0 Å². The third kappa shape index (κ3) is 7.15.